The second-order valence-corrected chi connectivity index (χ2v) is 8.36. The normalized spacial score (nSPS) is 14.1. The van der Waals surface area contributed by atoms with Crippen molar-refractivity contribution in [2.45, 2.75) is 12.8 Å². The molecule has 2 amide bonds. The molecule has 0 radical (unpaired) electrons. The predicted molar refractivity (Wildman–Crippen MR) is 111 cm³/mol. The van der Waals surface area contributed by atoms with E-state index in [9.17, 15) is 9.59 Å². The fourth-order valence-corrected chi connectivity index (χ4v) is 3.97. The monoisotopic (exact) mass is 432 g/mol. The summed E-state index contributed by atoms with van der Waals surface area (Å²) in [5.41, 5.74) is 2.68. The van der Waals surface area contributed by atoms with Gasteiger partial charge in [-0.3, -0.25) is 9.59 Å². The highest BCUT2D eigenvalue weighted by Gasteiger charge is 2.16. The lowest BCUT2D eigenvalue weighted by atomic mass is 10.1. The van der Waals surface area contributed by atoms with Crippen LogP contribution in [0.3, 0.4) is 0 Å². The number of nitrogens with one attached hydrogen (secondary N) is 1. The molecule has 1 saturated heterocycles. The Morgan fingerprint density at radius 3 is 2.15 bits per heavy atom. The van der Waals surface area contributed by atoms with Crippen molar-refractivity contribution in [3.63, 3.8) is 0 Å². The van der Waals surface area contributed by atoms with Crippen LogP contribution in [-0.4, -0.2) is 41.3 Å². The van der Waals surface area contributed by atoms with Gasteiger partial charge in [-0.15, -0.1) is 0 Å². The molecule has 1 aliphatic heterocycles. The molecule has 0 unspecified atom stereocenters. The number of hydrogen-bond donors (Lipinski definition) is 1. The Hall–Kier alpha value is -1.79. The molecule has 136 valence electrons. The van der Waals surface area contributed by atoms with E-state index in [0.717, 1.165) is 45.9 Å². The molecule has 2 aromatic carbocycles. The SMILES string of the molecule is O=C(Cc1ccc(Br)cc1)Nc1ccc(CC(=O)N2CCSCC2)cc1. The van der Waals surface area contributed by atoms with Crippen LogP contribution < -0.4 is 5.32 Å². The van der Waals surface area contributed by atoms with E-state index in [0.29, 0.717) is 12.8 Å². The lowest BCUT2D eigenvalue weighted by Crippen LogP contribution is -2.38. The number of benzene rings is 2. The molecule has 0 bridgehead atoms. The van der Waals surface area contributed by atoms with Gasteiger partial charge in [-0.2, -0.15) is 11.8 Å². The molecule has 0 spiro atoms. The van der Waals surface area contributed by atoms with Gasteiger partial charge in [-0.25, -0.2) is 0 Å². The lowest BCUT2D eigenvalue weighted by molar-refractivity contribution is -0.130. The number of hydrogen-bond acceptors (Lipinski definition) is 3. The average Bonchev–Trinajstić information content (AvgIpc) is 2.66. The van der Waals surface area contributed by atoms with E-state index in [1.54, 1.807) is 0 Å². The molecular formula is C20H21BrN2O2S. The summed E-state index contributed by atoms with van der Waals surface area (Å²) in [4.78, 5) is 26.4. The van der Waals surface area contributed by atoms with E-state index >= 15 is 0 Å². The molecule has 1 aliphatic rings. The maximum absolute atomic E-state index is 12.3. The maximum atomic E-state index is 12.3. The minimum Gasteiger partial charge on any atom is -0.341 e. The first-order valence-corrected chi connectivity index (χ1v) is 10.5. The second kappa shape index (κ2) is 9.24. The third-order valence-electron chi connectivity index (χ3n) is 4.23. The molecule has 0 aromatic heterocycles. The number of thioether (sulfide) groups is 1. The van der Waals surface area contributed by atoms with Gasteiger partial charge in [0.2, 0.25) is 11.8 Å². The van der Waals surface area contributed by atoms with Gasteiger partial charge in [0, 0.05) is 34.8 Å². The summed E-state index contributed by atoms with van der Waals surface area (Å²) in [6.07, 6.45) is 0.748. The van der Waals surface area contributed by atoms with Crippen molar-refractivity contribution >= 4 is 45.2 Å². The van der Waals surface area contributed by atoms with E-state index in [1.807, 2.05) is 65.2 Å². The summed E-state index contributed by atoms with van der Waals surface area (Å²) in [5.74, 6) is 2.17. The molecule has 0 aliphatic carbocycles. The standard InChI is InChI=1S/C20H21BrN2O2S/c21-17-5-1-15(2-6-17)13-19(24)22-18-7-3-16(4-8-18)14-20(25)23-9-11-26-12-10-23/h1-8H,9-14H2,(H,22,24). The Labute approximate surface area is 166 Å². The number of carbonyl (C=O) groups excluding carboxylic acids is 2. The average molecular weight is 433 g/mol. The molecule has 0 atom stereocenters. The Morgan fingerprint density at radius 1 is 0.923 bits per heavy atom. The fraction of sp³-hybridized carbons (Fsp3) is 0.300. The summed E-state index contributed by atoms with van der Waals surface area (Å²) in [7, 11) is 0. The van der Waals surface area contributed by atoms with Gasteiger partial charge in [-0.1, -0.05) is 40.2 Å². The molecule has 2 aromatic rings. The highest BCUT2D eigenvalue weighted by molar-refractivity contribution is 9.10. The quantitative estimate of drug-likeness (QED) is 0.782. The van der Waals surface area contributed by atoms with Crippen LogP contribution in [0.2, 0.25) is 0 Å². The van der Waals surface area contributed by atoms with E-state index in [4.69, 9.17) is 0 Å². The van der Waals surface area contributed by atoms with Crippen molar-refractivity contribution in [1.29, 1.82) is 0 Å². The van der Waals surface area contributed by atoms with Gasteiger partial charge < -0.3 is 10.2 Å². The summed E-state index contributed by atoms with van der Waals surface area (Å²) >= 11 is 5.28. The lowest BCUT2D eigenvalue weighted by Gasteiger charge is -2.26. The zero-order chi connectivity index (χ0) is 18.4. The Kier molecular flexibility index (Phi) is 6.74. The fourth-order valence-electron chi connectivity index (χ4n) is 2.80. The topological polar surface area (TPSA) is 49.4 Å². The van der Waals surface area contributed by atoms with Crippen molar-refractivity contribution in [3.8, 4) is 0 Å². The molecule has 1 heterocycles. The third-order valence-corrected chi connectivity index (χ3v) is 5.71. The summed E-state index contributed by atoms with van der Waals surface area (Å²) < 4.78 is 0.995. The van der Waals surface area contributed by atoms with Crippen molar-refractivity contribution < 1.29 is 9.59 Å². The first-order chi connectivity index (χ1) is 12.6. The molecule has 1 N–H and O–H groups in total. The third kappa shape index (κ3) is 5.61. The minimum absolute atomic E-state index is 0.0537. The summed E-state index contributed by atoms with van der Waals surface area (Å²) in [6.45, 7) is 1.68. The van der Waals surface area contributed by atoms with Crippen LogP contribution in [0.1, 0.15) is 11.1 Å². The van der Waals surface area contributed by atoms with Crippen LogP contribution in [-0.2, 0) is 22.4 Å². The summed E-state index contributed by atoms with van der Waals surface area (Å²) in [5, 5.41) is 2.90. The zero-order valence-electron chi connectivity index (χ0n) is 14.4. The van der Waals surface area contributed by atoms with Crippen LogP contribution in [0, 0.1) is 0 Å². The van der Waals surface area contributed by atoms with Gasteiger partial charge in [0.25, 0.3) is 0 Å². The van der Waals surface area contributed by atoms with Crippen LogP contribution >= 0.6 is 27.7 Å². The zero-order valence-corrected chi connectivity index (χ0v) is 16.8. The second-order valence-electron chi connectivity index (χ2n) is 6.22. The molecule has 6 heteroatoms. The number of halogens is 1. The molecule has 26 heavy (non-hydrogen) atoms. The smallest absolute Gasteiger partial charge is 0.228 e. The van der Waals surface area contributed by atoms with E-state index < -0.39 is 0 Å². The first kappa shape index (κ1) is 19.0. The van der Waals surface area contributed by atoms with Gasteiger partial charge in [0.05, 0.1) is 12.8 Å². The van der Waals surface area contributed by atoms with E-state index in [-0.39, 0.29) is 11.8 Å². The number of anilines is 1. The Bertz CT molecular complexity index is 756. The predicted octanol–water partition coefficient (Wildman–Crippen LogP) is 3.75. The number of amides is 2. The number of rotatable bonds is 5. The van der Waals surface area contributed by atoms with Crippen LogP contribution in [0.4, 0.5) is 5.69 Å². The molecule has 4 nitrogen and oxygen atoms in total. The van der Waals surface area contributed by atoms with Crippen molar-refractivity contribution in [3.05, 3.63) is 64.1 Å². The van der Waals surface area contributed by atoms with Gasteiger partial charge in [0.15, 0.2) is 0 Å². The van der Waals surface area contributed by atoms with Crippen molar-refractivity contribution in [2.24, 2.45) is 0 Å². The molecule has 1 fully saturated rings. The number of carbonyl (C=O) groups is 2. The maximum Gasteiger partial charge on any atom is 0.228 e. The largest absolute Gasteiger partial charge is 0.341 e. The molecular weight excluding hydrogens is 412 g/mol. The summed E-state index contributed by atoms with van der Waals surface area (Å²) in [6, 6.07) is 15.2. The first-order valence-electron chi connectivity index (χ1n) is 8.59. The van der Waals surface area contributed by atoms with Crippen molar-refractivity contribution in [1.82, 2.24) is 4.90 Å². The van der Waals surface area contributed by atoms with E-state index in [2.05, 4.69) is 21.2 Å². The highest BCUT2D eigenvalue weighted by atomic mass is 79.9. The van der Waals surface area contributed by atoms with Crippen LogP contribution in [0.5, 0.6) is 0 Å². The van der Waals surface area contributed by atoms with Crippen LogP contribution in [0.25, 0.3) is 0 Å². The Balaban J connectivity index is 1.51. The minimum atomic E-state index is -0.0537. The number of nitrogens with zero attached hydrogens (tertiary/aromatic N) is 1. The van der Waals surface area contributed by atoms with Gasteiger partial charge in [-0.05, 0) is 35.4 Å². The van der Waals surface area contributed by atoms with Gasteiger partial charge in [0.1, 0.15) is 0 Å². The van der Waals surface area contributed by atoms with E-state index in [1.165, 1.54) is 0 Å². The molecule has 0 saturated carbocycles. The highest BCUT2D eigenvalue weighted by Crippen LogP contribution is 2.15. The molecule has 3 rings (SSSR count). The van der Waals surface area contributed by atoms with Gasteiger partial charge >= 0.3 is 0 Å². The van der Waals surface area contributed by atoms with Crippen LogP contribution in [0.15, 0.2) is 53.0 Å². The van der Waals surface area contributed by atoms with Crippen molar-refractivity contribution in [2.75, 3.05) is 29.9 Å². The Morgan fingerprint density at radius 2 is 1.50 bits per heavy atom.